The van der Waals surface area contributed by atoms with Crippen molar-refractivity contribution in [1.29, 1.82) is 0 Å². The molecule has 2 saturated heterocycles. The van der Waals surface area contributed by atoms with Gasteiger partial charge in [-0.3, -0.25) is 4.79 Å². The Labute approximate surface area is 228 Å². The first-order valence-corrected chi connectivity index (χ1v) is 12.9. The van der Waals surface area contributed by atoms with E-state index in [0.29, 0.717) is 19.1 Å². The van der Waals surface area contributed by atoms with Crippen LogP contribution in [-0.4, -0.2) is 68.4 Å². The number of amides is 1. The number of likely N-dealkylation sites (tertiary alicyclic amines) is 1. The van der Waals surface area contributed by atoms with Gasteiger partial charge in [0.05, 0.1) is 26.4 Å². The molecule has 4 rings (SSSR count). The number of nitrogens with one attached hydrogen (secondary N) is 1. The maximum atomic E-state index is 11.7. The minimum absolute atomic E-state index is 0.225. The smallest absolute Gasteiger partial charge is 0.444 e. The standard InChI is InChI=1S/C16H23NO3.C11H15NO.C2HF3O/c1-16(2,3)20-15(18)17-9-14(10-17)12-19-11-13-7-5-4-6-8-13;1-2-4-10(5-3-1)8-13-9-11-6-12-7-11;3-2(4,5)1-6/h4-8,14H,9-12H2,1-3H3;1-5,11-12H,6-9H2;1H. The van der Waals surface area contributed by atoms with E-state index in [0.717, 1.165) is 45.3 Å². The lowest BCUT2D eigenvalue weighted by Crippen LogP contribution is -2.53. The SMILES string of the molecule is CC(C)(C)OC(=O)N1CC(COCc2ccccc2)C1.O=CC(F)(F)F.c1ccc(COCC2CNC2)cc1. The molecule has 2 aromatic rings. The van der Waals surface area contributed by atoms with E-state index in [-0.39, 0.29) is 6.09 Å². The lowest BCUT2D eigenvalue weighted by molar-refractivity contribution is -0.156. The Morgan fingerprint density at radius 3 is 1.67 bits per heavy atom. The van der Waals surface area contributed by atoms with Gasteiger partial charge in [0.2, 0.25) is 6.29 Å². The van der Waals surface area contributed by atoms with E-state index >= 15 is 0 Å². The normalized spacial score (nSPS) is 15.5. The lowest BCUT2D eigenvalue weighted by Gasteiger charge is -2.39. The molecule has 7 nitrogen and oxygen atoms in total. The van der Waals surface area contributed by atoms with Crippen molar-refractivity contribution < 1.29 is 37.0 Å². The molecule has 0 unspecified atom stereocenters. The van der Waals surface area contributed by atoms with Crippen LogP contribution in [0.5, 0.6) is 0 Å². The quantitative estimate of drug-likeness (QED) is 0.452. The van der Waals surface area contributed by atoms with E-state index in [1.54, 1.807) is 4.90 Å². The Hall–Kier alpha value is -2.95. The number of aldehydes is 1. The molecule has 2 fully saturated rings. The van der Waals surface area contributed by atoms with Gasteiger partial charge in [0.25, 0.3) is 0 Å². The Bertz CT molecular complexity index is 958. The van der Waals surface area contributed by atoms with Crippen molar-refractivity contribution in [1.82, 2.24) is 10.2 Å². The molecular weight excluding hydrogens is 513 g/mol. The predicted octanol–water partition coefficient (Wildman–Crippen LogP) is 5.24. The monoisotopic (exact) mass is 552 g/mol. The molecule has 2 aliphatic rings. The van der Waals surface area contributed by atoms with Gasteiger partial charge in [-0.25, -0.2) is 4.79 Å². The Kier molecular flexibility index (Phi) is 13.4. The first-order valence-electron chi connectivity index (χ1n) is 12.9. The van der Waals surface area contributed by atoms with Crippen LogP contribution in [0.2, 0.25) is 0 Å². The first kappa shape index (κ1) is 32.3. The molecule has 2 heterocycles. The number of nitrogens with zero attached hydrogens (tertiary/aromatic N) is 1. The van der Waals surface area contributed by atoms with Crippen LogP contribution in [0.25, 0.3) is 0 Å². The zero-order valence-electron chi connectivity index (χ0n) is 22.8. The second-order valence-electron chi connectivity index (χ2n) is 10.4. The highest BCUT2D eigenvalue weighted by Gasteiger charge is 2.33. The van der Waals surface area contributed by atoms with Crippen LogP contribution in [0.4, 0.5) is 18.0 Å². The first-order chi connectivity index (χ1) is 18.4. The maximum Gasteiger partial charge on any atom is 0.446 e. The summed E-state index contributed by atoms with van der Waals surface area (Å²) in [6.45, 7) is 12.3. The number of alkyl halides is 3. The van der Waals surface area contributed by atoms with Crippen molar-refractivity contribution in [2.75, 3.05) is 39.4 Å². The molecule has 39 heavy (non-hydrogen) atoms. The van der Waals surface area contributed by atoms with Gasteiger partial charge in [0.15, 0.2) is 0 Å². The second kappa shape index (κ2) is 16.2. The van der Waals surface area contributed by atoms with Crippen LogP contribution in [0.3, 0.4) is 0 Å². The van der Waals surface area contributed by atoms with E-state index in [1.165, 1.54) is 11.1 Å². The summed E-state index contributed by atoms with van der Waals surface area (Å²) in [5.74, 6) is 1.16. The molecule has 1 amide bonds. The summed E-state index contributed by atoms with van der Waals surface area (Å²) in [7, 11) is 0. The molecule has 0 aromatic heterocycles. The average Bonchev–Trinajstić information content (AvgIpc) is 2.82. The average molecular weight is 553 g/mol. The van der Waals surface area contributed by atoms with Crippen molar-refractivity contribution >= 4 is 12.4 Å². The third kappa shape index (κ3) is 14.7. The van der Waals surface area contributed by atoms with Crippen molar-refractivity contribution in [2.45, 2.75) is 45.8 Å². The van der Waals surface area contributed by atoms with Crippen LogP contribution in [0.15, 0.2) is 60.7 Å². The fourth-order valence-electron chi connectivity index (χ4n) is 3.45. The van der Waals surface area contributed by atoms with Gasteiger partial charge in [-0.05, 0) is 31.9 Å². The van der Waals surface area contributed by atoms with E-state index in [9.17, 15) is 18.0 Å². The van der Waals surface area contributed by atoms with Gasteiger partial charge in [-0.2, -0.15) is 13.2 Å². The summed E-state index contributed by atoms with van der Waals surface area (Å²) in [6, 6.07) is 20.4. The van der Waals surface area contributed by atoms with Gasteiger partial charge < -0.3 is 24.4 Å². The van der Waals surface area contributed by atoms with Crippen molar-refractivity contribution in [3.8, 4) is 0 Å². The second-order valence-corrected chi connectivity index (χ2v) is 10.4. The number of hydrogen-bond acceptors (Lipinski definition) is 6. The van der Waals surface area contributed by atoms with Crippen LogP contribution in [-0.2, 0) is 32.2 Å². The molecule has 216 valence electrons. The topological polar surface area (TPSA) is 77.1 Å². The third-order valence-electron chi connectivity index (χ3n) is 5.54. The Balaban J connectivity index is 0.000000239. The molecule has 0 saturated carbocycles. The molecule has 0 radical (unpaired) electrons. The molecular formula is C29H39F3N2O5. The highest BCUT2D eigenvalue weighted by Crippen LogP contribution is 2.20. The number of hydrogen-bond donors (Lipinski definition) is 1. The minimum Gasteiger partial charge on any atom is -0.444 e. The summed E-state index contributed by atoms with van der Waals surface area (Å²) in [5, 5.41) is 3.23. The molecule has 2 aliphatic heterocycles. The minimum atomic E-state index is -4.64. The van der Waals surface area contributed by atoms with Gasteiger partial charge >= 0.3 is 12.3 Å². The molecule has 0 atom stereocenters. The van der Waals surface area contributed by atoms with E-state index in [4.69, 9.17) is 19.0 Å². The van der Waals surface area contributed by atoms with Crippen molar-refractivity contribution in [2.24, 2.45) is 11.8 Å². The van der Waals surface area contributed by atoms with E-state index < -0.39 is 18.1 Å². The number of rotatable bonds is 8. The number of ether oxygens (including phenoxy) is 3. The Morgan fingerprint density at radius 1 is 0.872 bits per heavy atom. The number of carbonyl (C=O) groups is 2. The third-order valence-corrected chi connectivity index (χ3v) is 5.54. The maximum absolute atomic E-state index is 11.7. The molecule has 0 spiro atoms. The molecule has 0 aliphatic carbocycles. The summed E-state index contributed by atoms with van der Waals surface area (Å²) in [4.78, 5) is 22.2. The van der Waals surface area contributed by atoms with Crippen LogP contribution < -0.4 is 5.32 Å². The van der Waals surface area contributed by atoms with Crippen LogP contribution in [0.1, 0.15) is 31.9 Å². The van der Waals surface area contributed by atoms with Gasteiger partial charge in [-0.1, -0.05) is 60.7 Å². The highest BCUT2D eigenvalue weighted by atomic mass is 19.4. The van der Waals surface area contributed by atoms with Gasteiger partial charge in [-0.15, -0.1) is 0 Å². The zero-order valence-corrected chi connectivity index (χ0v) is 22.8. The number of benzene rings is 2. The largest absolute Gasteiger partial charge is 0.446 e. The summed E-state index contributed by atoms with van der Waals surface area (Å²) < 4.78 is 47.8. The van der Waals surface area contributed by atoms with Gasteiger partial charge in [0, 0.05) is 38.0 Å². The Morgan fingerprint density at radius 2 is 1.31 bits per heavy atom. The fraction of sp³-hybridized carbons (Fsp3) is 0.517. The van der Waals surface area contributed by atoms with E-state index in [1.807, 2.05) is 69.3 Å². The summed E-state index contributed by atoms with van der Waals surface area (Å²) >= 11 is 0. The summed E-state index contributed by atoms with van der Waals surface area (Å²) in [5.41, 5.74) is 2.01. The fourth-order valence-corrected chi connectivity index (χ4v) is 3.45. The zero-order chi connectivity index (χ0) is 28.7. The highest BCUT2D eigenvalue weighted by molar-refractivity contribution is 5.69. The lowest BCUT2D eigenvalue weighted by atomic mass is 10.0. The number of carbonyl (C=O) groups excluding carboxylic acids is 2. The van der Waals surface area contributed by atoms with Gasteiger partial charge in [0.1, 0.15) is 5.60 Å². The van der Waals surface area contributed by atoms with Crippen molar-refractivity contribution in [3.05, 3.63) is 71.8 Å². The van der Waals surface area contributed by atoms with Crippen molar-refractivity contribution in [3.63, 3.8) is 0 Å². The summed E-state index contributed by atoms with van der Waals surface area (Å²) in [6.07, 6.45) is -5.93. The molecule has 10 heteroatoms. The van der Waals surface area contributed by atoms with Crippen LogP contribution >= 0.6 is 0 Å². The van der Waals surface area contributed by atoms with E-state index in [2.05, 4.69) is 17.4 Å². The predicted molar refractivity (Wildman–Crippen MR) is 142 cm³/mol. The molecule has 2 aromatic carbocycles. The number of halogens is 3. The molecule has 0 bridgehead atoms. The van der Waals surface area contributed by atoms with Crippen LogP contribution in [0, 0.1) is 11.8 Å². The molecule has 1 N–H and O–H groups in total.